The van der Waals surface area contributed by atoms with Gasteiger partial charge in [-0.15, -0.1) is 11.6 Å². The van der Waals surface area contributed by atoms with Gasteiger partial charge in [-0.3, -0.25) is 0 Å². The summed E-state index contributed by atoms with van der Waals surface area (Å²) in [5, 5.41) is 0.557. The molecule has 0 atom stereocenters. The van der Waals surface area contributed by atoms with Gasteiger partial charge in [0.05, 0.1) is 5.56 Å². The quantitative estimate of drug-likeness (QED) is 0.569. The van der Waals surface area contributed by atoms with Gasteiger partial charge in [0.2, 0.25) is 0 Å². The van der Waals surface area contributed by atoms with Crippen LogP contribution in [0.2, 0.25) is 10.3 Å². The van der Waals surface area contributed by atoms with E-state index in [1.54, 1.807) is 0 Å². The Morgan fingerprint density at radius 3 is 2.25 bits per heavy atom. The first-order valence-corrected chi connectivity index (χ1v) is 4.36. The van der Waals surface area contributed by atoms with Gasteiger partial charge < -0.3 is 0 Å². The highest BCUT2D eigenvalue weighted by Crippen LogP contribution is 2.26. The first-order chi connectivity index (χ1) is 5.66. The van der Waals surface area contributed by atoms with Crippen molar-refractivity contribution in [1.82, 2.24) is 9.97 Å². The molecule has 1 heterocycles. The molecule has 0 aliphatic carbocycles. The average Bonchev–Trinajstić information content (AvgIpc) is 2.03. The monoisotopic (exact) mass is 222 g/mol. The fraction of sp³-hybridized carbons (Fsp3) is 0.143. The minimum Gasteiger partial charge on any atom is -0.224 e. The molecule has 0 fully saturated rings. The molecule has 1 aromatic heterocycles. The van der Waals surface area contributed by atoms with Crippen LogP contribution in [0.5, 0.6) is 0 Å². The van der Waals surface area contributed by atoms with E-state index in [1.165, 1.54) is 6.33 Å². The SMILES string of the molecule is C=C(CCl)c1c(Cl)ncnc1Cl. The number of hydrogen-bond donors (Lipinski definition) is 0. The lowest BCUT2D eigenvalue weighted by Gasteiger charge is -2.04. The van der Waals surface area contributed by atoms with E-state index in [4.69, 9.17) is 34.8 Å². The second kappa shape index (κ2) is 4.08. The number of aromatic nitrogens is 2. The lowest BCUT2D eigenvalue weighted by molar-refractivity contribution is 1.15. The smallest absolute Gasteiger partial charge is 0.141 e. The van der Waals surface area contributed by atoms with E-state index in [-0.39, 0.29) is 16.2 Å². The van der Waals surface area contributed by atoms with Crippen LogP contribution in [0.25, 0.3) is 5.57 Å². The number of nitrogens with zero attached hydrogens (tertiary/aromatic N) is 2. The second-order valence-electron chi connectivity index (χ2n) is 2.07. The Balaban J connectivity index is 3.21. The average molecular weight is 223 g/mol. The highest BCUT2D eigenvalue weighted by molar-refractivity contribution is 6.37. The topological polar surface area (TPSA) is 25.8 Å². The Kier molecular flexibility index (Phi) is 3.32. The summed E-state index contributed by atoms with van der Waals surface area (Å²) in [5.41, 5.74) is 1.14. The molecule has 0 aliphatic rings. The third-order valence-corrected chi connectivity index (χ3v) is 2.17. The van der Waals surface area contributed by atoms with Crippen molar-refractivity contribution in [1.29, 1.82) is 0 Å². The standard InChI is InChI=1S/C7H5Cl3N2/c1-4(2-8)5-6(9)11-3-12-7(5)10/h3H,1-2H2. The summed E-state index contributed by atoms with van der Waals surface area (Å²) in [6.45, 7) is 3.68. The van der Waals surface area contributed by atoms with Gasteiger partial charge in [0.15, 0.2) is 0 Å². The van der Waals surface area contributed by atoms with Crippen molar-refractivity contribution in [3.63, 3.8) is 0 Å². The van der Waals surface area contributed by atoms with Crippen LogP contribution in [0.4, 0.5) is 0 Å². The first kappa shape index (κ1) is 9.78. The third kappa shape index (κ3) is 1.89. The minimum absolute atomic E-state index is 0.257. The van der Waals surface area contributed by atoms with Gasteiger partial charge in [0, 0.05) is 5.88 Å². The summed E-state index contributed by atoms with van der Waals surface area (Å²) in [6.07, 6.45) is 1.29. The largest absolute Gasteiger partial charge is 0.224 e. The summed E-state index contributed by atoms with van der Waals surface area (Å²) in [7, 11) is 0. The highest BCUT2D eigenvalue weighted by Gasteiger charge is 2.10. The van der Waals surface area contributed by atoms with Crippen molar-refractivity contribution in [2.75, 3.05) is 5.88 Å². The van der Waals surface area contributed by atoms with Crippen molar-refractivity contribution in [3.05, 3.63) is 28.8 Å². The van der Waals surface area contributed by atoms with Gasteiger partial charge in [0.25, 0.3) is 0 Å². The van der Waals surface area contributed by atoms with Gasteiger partial charge in [-0.05, 0) is 5.57 Å². The Morgan fingerprint density at radius 1 is 1.33 bits per heavy atom. The molecule has 0 aliphatic heterocycles. The number of alkyl halides is 1. The van der Waals surface area contributed by atoms with Crippen molar-refractivity contribution in [3.8, 4) is 0 Å². The van der Waals surface area contributed by atoms with Crippen LogP contribution in [0.3, 0.4) is 0 Å². The summed E-state index contributed by atoms with van der Waals surface area (Å²) in [4.78, 5) is 7.52. The molecule has 1 rings (SSSR count). The van der Waals surface area contributed by atoms with Crippen LogP contribution in [-0.2, 0) is 0 Å². The molecule has 0 saturated carbocycles. The van der Waals surface area contributed by atoms with Crippen LogP contribution in [0.1, 0.15) is 5.56 Å². The molecule has 64 valence electrons. The predicted molar refractivity (Wildman–Crippen MR) is 51.8 cm³/mol. The maximum Gasteiger partial charge on any atom is 0.141 e. The highest BCUT2D eigenvalue weighted by atomic mass is 35.5. The van der Waals surface area contributed by atoms with Crippen LogP contribution in [-0.4, -0.2) is 15.8 Å². The molecule has 0 unspecified atom stereocenters. The summed E-state index contributed by atoms with van der Waals surface area (Å²) < 4.78 is 0. The van der Waals surface area contributed by atoms with Crippen LogP contribution in [0, 0.1) is 0 Å². The zero-order valence-electron chi connectivity index (χ0n) is 6.02. The maximum atomic E-state index is 5.75. The van der Waals surface area contributed by atoms with Gasteiger partial charge in [0.1, 0.15) is 16.6 Å². The van der Waals surface area contributed by atoms with E-state index in [9.17, 15) is 0 Å². The van der Waals surface area contributed by atoms with Gasteiger partial charge >= 0.3 is 0 Å². The third-order valence-electron chi connectivity index (χ3n) is 1.27. The molecule has 0 aromatic carbocycles. The van der Waals surface area contributed by atoms with Crippen LogP contribution >= 0.6 is 34.8 Å². The Labute approximate surface area is 85.2 Å². The van der Waals surface area contributed by atoms with E-state index in [0.717, 1.165) is 0 Å². The number of halogens is 3. The number of rotatable bonds is 2. The van der Waals surface area contributed by atoms with Crippen LogP contribution < -0.4 is 0 Å². The molecule has 0 spiro atoms. The molecule has 0 saturated heterocycles. The zero-order valence-corrected chi connectivity index (χ0v) is 8.29. The molecule has 0 amide bonds. The Bertz CT molecular complexity index is 291. The minimum atomic E-state index is 0.257. The van der Waals surface area contributed by atoms with Crippen molar-refractivity contribution in [2.24, 2.45) is 0 Å². The first-order valence-electron chi connectivity index (χ1n) is 3.07. The van der Waals surface area contributed by atoms with E-state index in [2.05, 4.69) is 16.5 Å². The maximum absolute atomic E-state index is 5.75. The Morgan fingerprint density at radius 2 is 1.83 bits per heavy atom. The molecular weight excluding hydrogens is 218 g/mol. The summed E-state index contributed by atoms with van der Waals surface area (Å²) >= 11 is 17.1. The lowest BCUT2D eigenvalue weighted by Crippen LogP contribution is -1.92. The Hall–Kier alpha value is -0.310. The number of hydrogen-bond acceptors (Lipinski definition) is 2. The molecule has 1 aromatic rings. The van der Waals surface area contributed by atoms with E-state index >= 15 is 0 Å². The van der Waals surface area contributed by atoms with E-state index in [0.29, 0.717) is 11.1 Å². The van der Waals surface area contributed by atoms with Crippen molar-refractivity contribution >= 4 is 40.4 Å². The van der Waals surface area contributed by atoms with Crippen LogP contribution in [0.15, 0.2) is 12.9 Å². The predicted octanol–water partition coefficient (Wildman–Crippen LogP) is 3.04. The molecular formula is C7H5Cl3N2. The molecule has 0 radical (unpaired) electrons. The fourth-order valence-corrected chi connectivity index (χ4v) is 1.42. The summed E-state index contributed by atoms with van der Waals surface area (Å²) in [5.74, 6) is 0.257. The van der Waals surface area contributed by atoms with E-state index < -0.39 is 0 Å². The molecule has 12 heavy (non-hydrogen) atoms. The molecule has 0 N–H and O–H groups in total. The number of allylic oxidation sites excluding steroid dienone is 1. The molecule has 5 heteroatoms. The second-order valence-corrected chi connectivity index (χ2v) is 3.05. The summed E-state index contributed by atoms with van der Waals surface area (Å²) in [6, 6.07) is 0. The van der Waals surface area contributed by atoms with Crippen molar-refractivity contribution in [2.45, 2.75) is 0 Å². The zero-order chi connectivity index (χ0) is 9.14. The molecule has 2 nitrogen and oxygen atoms in total. The normalized spacial score (nSPS) is 9.92. The lowest BCUT2D eigenvalue weighted by atomic mass is 10.2. The van der Waals surface area contributed by atoms with E-state index in [1.807, 2.05) is 0 Å². The van der Waals surface area contributed by atoms with Gasteiger partial charge in [-0.25, -0.2) is 9.97 Å². The van der Waals surface area contributed by atoms with Gasteiger partial charge in [-0.1, -0.05) is 29.8 Å². The fourth-order valence-electron chi connectivity index (χ4n) is 0.703. The molecule has 0 bridgehead atoms. The van der Waals surface area contributed by atoms with Gasteiger partial charge in [-0.2, -0.15) is 0 Å². The van der Waals surface area contributed by atoms with Crippen molar-refractivity contribution < 1.29 is 0 Å².